The number of hydrogen-bond acceptors (Lipinski definition) is 2. The Bertz CT molecular complexity index is 1050. The lowest BCUT2D eigenvalue weighted by atomic mass is 9.97. The van der Waals surface area contributed by atoms with Crippen LogP contribution in [-0.2, 0) is 6.54 Å². The van der Waals surface area contributed by atoms with Gasteiger partial charge >= 0.3 is 0 Å². The number of aromatic nitrogens is 1. The first kappa shape index (κ1) is 14.5. The lowest BCUT2D eigenvalue weighted by Crippen LogP contribution is -2.36. The summed E-state index contributed by atoms with van der Waals surface area (Å²) in [6.07, 6.45) is 0. The minimum Gasteiger partial charge on any atom is -0.397 e. The first-order chi connectivity index (χ1) is 11.7. The van der Waals surface area contributed by atoms with Crippen molar-refractivity contribution >= 4 is 33.1 Å². The Kier molecular flexibility index (Phi) is 3.35. The molecule has 0 aliphatic rings. The Morgan fingerprint density at radius 3 is 2.17 bits per heavy atom. The van der Waals surface area contributed by atoms with Crippen LogP contribution < -0.4 is 16.0 Å². The van der Waals surface area contributed by atoms with E-state index in [1.165, 1.54) is 16.6 Å². The van der Waals surface area contributed by atoms with Gasteiger partial charge in [-0.05, 0) is 31.2 Å². The van der Waals surface area contributed by atoms with Crippen molar-refractivity contribution < 1.29 is 4.57 Å². The highest BCUT2D eigenvalue weighted by atomic mass is 15.0. The van der Waals surface area contributed by atoms with Crippen LogP contribution >= 0.6 is 0 Å². The van der Waals surface area contributed by atoms with Gasteiger partial charge in [0.15, 0.2) is 0 Å². The third-order valence-electron chi connectivity index (χ3n) is 4.63. The summed E-state index contributed by atoms with van der Waals surface area (Å²) >= 11 is 0. The largest absolute Gasteiger partial charge is 0.397 e. The van der Waals surface area contributed by atoms with E-state index in [0.717, 1.165) is 22.8 Å². The maximum atomic E-state index is 6.36. The van der Waals surface area contributed by atoms with Crippen molar-refractivity contribution in [3.05, 3.63) is 66.7 Å². The summed E-state index contributed by atoms with van der Waals surface area (Å²) in [5.74, 6) is 0. The van der Waals surface area contributed by atoms with Gasteiger partial charge in [0.1, 0.15) is 6.54 Å². The molecule has 0 bridgehead atoms. The lowest BCUT2D eigenvalue weighted by molar-refractivity contribution is -0.655. The monoisotopic (exact) mass is 314 g/mol. The SMILES string of the molecule is CC[n+]1c(-c2ccccc2)c2ccccc2c2c(N)c(N)ccc21. The van der Waals surface area contributed by atoms with E-state index >= 15 is 0 Å². The zero-order valence-corrected chi connectivity index (χ0v) is 13.7. The normalized spacial score (nSPS) is 11.2. The summed E-state index contributed by atoms with van der Waals surface area (Å²) in [5, 5.41) is 3.36. The quantitative estimate of drug-likeness (QED) is 0.332. The highest BCUT2D eigenvalue weighted by Crippen LogP contribution is 2.35. The maximum Gasteiger partial charge on any atom is 0.220 e. The van der Waals surface area contributed by atoms with Gasteiger partial charge < -0.3 is 11.5 Å². The van der Waals surface area contributed by atoms with Crippen LogP contribution in [0.3, 0.4) is 0 Å². The second kappa shape index (κ2) is 5.53. The summed E-state index contributed by atoms with van der Waals surface area (Å²) < 4.78 is 2.32. The van der Waals surface area contributed by atoms with Crippen LogP contribution in [0.25, 0.3) is 32.9 Å². The summed E-state index contributed by atoms with van der Waals surface area (Å²) in [4.78, 5) is 0. The molecule has 1 aromatic heterocycles. The van der Waals surface area contributed by atoms with Crippen molar-refractivity contribution in [1.82, 2.24) is 0 Å². The number of nitrogen functional groups attached to an aromatic ring is 2. The van der Waals surface area contributed by atoms with E-state index in [2.05, 4.69) is 66.1 Å². The Labute approximate surface area is 141 Å². The van der Waals surface area contributed by atoms with Crippen LogP contribution in [0.5, 0.6) is 0 Å². The van der Waals surface area contributed by atoms with Crippen LogP contribution in [0.2, 0.25) is 0 Å². The van der Waals surface area contributed by atoms with E-state index in [-0.39, 0.29) is 0 Å². The van der Waals surface area contributed by atoms with E-state index in [1.807, 2.05) is 12.1 Å². The molecule has 0 aliphatic carbocycles. The Morgan fingerprint density at radius 1 is 0.792 bits per heavy atom. The number of fused-ring (bicyclic) bond motifs is 3. The van der Waals surface area contributed by atoms with Crippen molar-refractivity contribution in [3.8, 4) is 11.3 Å². The van der Waals surface area contributed by atoms with Crippen LogP contribution in [0.15, 0.2) is 66.7 Å². The fourth-order valence-electron chi connectivity index (χ4n) is 3.54. The van der Waals surface area contributed by atoms with E-state index in [9.17, 15) is 0 Å². The molecule has 4 aromatic rings. The number of anilines is 2. The molecule has 0 aliphatic heterocycles. The van der Waals surface area contributed by atoms with Crippen LogP contribution in [0.4, 0.5) is 11.4 Å². The summed E-state index contributed by atoms with van der Waals surface area (Å²) in [7, 11) is 0. The zero-order chi connectivity index (χ0) is 16.7. The standard InChI is InChI=1S/C21H19N3/c1-2-24-18-13-12-17(22)20(23)19(18)15-10-6-7-11-16(15)21(24)14-8-4-3-5-9-14/h3-13,23H,2,22H2,1H3/p+1. The average Bonchev–Trinajstić information content (AvgIpc) is 2.64. The molecule has 0 spiro atoms. The number of hydrogen-bond donors (Lipinski definition) is 2. The van der Waals surface area contributed by atoms with E-state index in [1.54, 1.807) is 0 Å². The highest BCUT2D eigenvalue weighted by molar-refractivity contribution is 6.15. The Hall–Kier alpha value is -3.07. The highest BCUT2D eigenvalue weighted by Gasteiger charge is 2.23. The zero-order valence-electron chi connectivity index (χ0n) is 13.7. The molecule has 0 saturated heterocycles. The third-order valence-corrected chi connectivity index (χ3v) is 4.63. The van der Waals surface area contributed by atoms with Gasteiger partial charge in [0.05, 0.1) is 22.1 Å². The third kappa shape index (κ3) is 2.02. The van der Waals surface area contributed by atoms with Crippen LogP contribution in [-0.4, -0.2) is 0 Å². The van der Waals surface area contributed by atoms with Gasteiger partial charge in [0.2, 0.25) is 11.2 Å². The van der Waals surface area contributed by atoms with Gasteiger partial charge in [-0.25, -0.2) is 0 Å². The molecular formula is C21H20N3+. The van der Waals surface area contributed by atoms with Gasteiger partial charge in [-0.2, -0.15) is 4.57 Å². The molecule has 24 heavy (non-hydrogen) atoms. The smallest absolute Gasteiger partial charge is 0.220 e. The first-order valence-electron chi connectivity index (χ1n) is 8.20. The van der Waals surface area contributed by atoms with Crippen molar-refractivity contribution in [2.24, 2.45) is 0 Å². The molecular weight excluding hydrogens is 294 g/mol. The fraction of sp³-hybridized carbons (Fsp3) is 0.0952. The molecule has 1 heterocycles. The van der Waals surface area contributed by atoms with Crippen LogP contribution in [0.1, 0.15) is 6.92 Å². The van der Waals surface area contributed by atoms with Gasteiger partial charge in [-0.15, -0.1) is 0 Å². The molecule has 4 N–H and O–H groups in total. The number of pyridine rings is 1. The molecule has 3 aromatic carbocycles. The summed E-state index contributed by atoms with van der Waals surface area (Å²) in [5.41, 5.74) is 17.3. The van der Waals surface area contributed by atoms with Gasteiger partial charge in [-0.1, -0.05) is 36.4 Å². The molecule has 3 heteroatoms. The second-order valence-electron chi connectivity index (χ2n) is 5.97. The summed E-state index contributed by atoms with van der Waals surface area (Å²) in [6.45, 7) is 3.02. The number of benzene rings is 3. The Morgan fingerprint density at radius 2 is 1.46 bits per heavy atom. The van der Waals surface area contributed by atoms with E-state index < -0.39 is 0 Å². The number of nitrogens with two attached hydrogens (primary N) is 2. The fourth-order valence-corrected chi connectivity index (χ4v) is 3.54. The Balaban J connectivity index is 2.29. The van der Waals surface area contributed by atoms with Gasteiger partial charge in [-0.3, -0.25) is 0 Å². The molecule has 4 rings (SSSR count). The molecule has 3 nitrogen and oxygen atoms in total. The number of aryl methyl sites for hydroxylation is 1. The van der Waals surface area contributed by atoms with Gasteiger partial charge in [0.25, 0.3) is 0 Å². The van der Waals surface area contributed by atoms with E-state index in [4.69, 9.17) is 11.5 Å². The molecule has 118 valence electrons. The van der Waals surface area contributed by atoms with E-state index in [0.29, 0.717) is 11.4 Å². The van der Waals surface area contributed by atoms with Crippen LogP contribution in [0, 0.1) is 0 Å². The van der Waals surface area contributed by atoms with Crippen molar-refractivity contribution in [2.75, 3.05) is 11.5 Å². The molecule has 0 unspecified atom stereocenters. The number of rotatable bonds is 2. The summed E-state index contributed by atoms with van der Waals surface area (Å²) in [6, 6.07) is 22.9. The average molecular weight is 314 g/mol. The lowest BCUT2D eigenvalue weighted by Gasteiger charge is -2.13. The minimum atomic E-state index is 0.628. The van der Waals surface area contributed by atoms with Crippen molar-refractivity contribution in [1.29, 1.82) is 0 Å². The second-order valence-corrected chi connectivity index (χ2v) is 5.97. The molecule has 0 saturated carbocycles. The van der Waals surface area contributed by atoms with Crippen molar-refractivity contribution in [2.45, 2.75) is 13.5 Å². The molecule has 0 atom stereocenters. The number of nitrogens with zero attached hydrogens (tertiary/aromatic N) is 1. The van der Waals surface area contributed by atoms with Crippen molar-refractivity contribution in [3.63, 3.8) is 0 Å². The molecule has 0 fully saturated rings. The van der Waals surface area contributed by atoms with Gasteiger partial charge in [0, 0.05) is 17.0 Å². The minimum absolute atomic E-state index is 0.628. The topological polar surface area (TPSA) is 55.9 Å². The molecule has 0 radical (unpaired) electrons. The predicted molar refractivity (Wildman–Crippen MR) is 102 cm³/mol. The predicted octanol–water partition coefficient (Wildman–Crippen LogP) is 4.13. The first-order valence-corrected chi connectivity index (χ1v) is 8.20. The molecule has 0 amide bonds. The maximum absolute atomic E-state index is 6.36.